The normalized spacial score (nSPS) is 24.8. The summed E-state index contributed by atoms with van der Waals surface area (Å²) in [7, 11) is 0. The van der Waals surface area contributed by atoms with Gasteiger partial charge in [-0.3, -0.25) is 14.0 Å². The number of carboxylic acids is 1. The molecule has 1 aromatic heterocycles. The molecule has 2 aliphatic carbocycles. The van der Waals surface area contributed by atoms with Crippen LogP contribution >= 0.6 is 0 Å². The Bertz CT molecular complexity index is 1410. The first-order chi connectivity index (χ1) is 21.9. The zero-order chi connectivity index (χ0) is 33.0. The molecule has 3 fully saturated rings. The van der Waals surface area contributed by atoms with E-state index in [1.165, 1.54) is 6.42 Å². The topological polar surface area (TPSA) is 141 Å². The van der Waals surface area contributed by atoms with E-state index < -0.39 is 30.4 Å². The minimum Gasteiger partial charge on any atom is -0.477 e. The third-order valence-corrected chi connectivity index (χ3v) is 10.2. The second kappa shape index (κ2) is 14.4. The molecule has 10 nitrogen and oxygen atoms in total. The Morgan fingerprint density at radius 3 is 2.39 bits per heavy atom. The number of amides is 3. The maximum atomic E-state index is 14.1. The molecule has 2 saturated carbocycles. The third kappa shape index (κ3) is 8.01. The Morgan fingerprint density at radius 1 is 1.02 bits per heavy atom. The highest BCUT2D eigenvalue weighted by atomic mass is 19.1. The van der Waals surface area contributed by atoms with E-state index >= 15 is 0 Å². The van der Waals surface area contributed by atoms with Crippen molar-refractivity contribution in [2.45, 2.75) is 109 Å². The monoisotopic (exact) mass is 640 g/mol. The lowest BCUT2D eigenvalue weighted by atomic mass is 9.75. The molecule has 1 aliphatic heterocycles. The molecule has 11 heteroatoms. The van der Waals surface area contributed by atoms with Crippen LogP contribution in [-0.2, 0) is 14.3 Å². The molecular weight excluding hydrogens is 591 g/mol. The van der Waals surface area contributed by atoms with Crippen LogP contribution < -0.4 is 10.6 Å². The second-order valence-electron chi connectivity index (χ2n) is 14.4. The number of benzene rings is 1. The van der Waals surface area contributed by atoms with Gasteiger partial charge in [0.1, 0.15) is 17.3 Å². The molecule has 3 atom stereocenters. The third-order valence-electron chi connectivity index (χ3n) is 10.2. The number of nitrogens with zero attached hydrogens (tertiary/aromatic N) is 1. The summed E-state index contributed by atoms with van der Waals surface area (Å²) in [4.78, 5) is 56.7. The van der Waals surface area contributed by atoms with Crippen molar-refractivity contribution in [2.75, 3.05) is 18.5 Å². The van der Waals surface area contributed by atoms with Crippen LogP contribution in [0.5, 0.6) is 0 Å². The number of nitrogens with one attached hydrogen (secondary N) is 3. The van der Waals surface area contributed by atoms with Crippen molar-refractivity contribution in [2.24, 2.45) is 23.7 Å². The molecule has 0 unspecified atom stereocenters. The molecule has 1 aromatic carbocycles. The van der Waals surface area contributed by atoms with Gasteiger partial charge in [0.25, 0.3) is 0 Å². The molecule has 252 valence electrons. The Morgan fingerprint density at radius 2 is 1.74 bits per heavy atom. The number of alkyl halides is 1. The predicted molar refractivity (Wildman–Crippen MR) is 173 cm³/mol. The van der Waals surface area contributed by atoms with Gasteiger partial charge in [-0.25, -0.2) is 9.59 Å². The van der Waals surface area contributed by atoms with Crippen molar-refractivity contribution >= 4 is 40.5 Å². The number of aromatic carboxylic acids is 1. The first-order valence-electron chi connectivity index (χ1n) is 17.0. The van der Waals surface area contributed by atoms with Gasteiger partial charge in [-0.1, -0.05) is 32.1 Å². The lowest BCUT2D eigenvalue weighted by Gasteiger charge is -2.37. The van der Waals surface area contributed by atoms with E-state index in [-0.39, 0.29) is 47.7 Å². The average molecular weight is 641 g/mol. The Labute approximate surface area is 270 Å². The molecule has 2 heterocycles. The molecule has 46 heavy (non-hydrogen) atoms. The van der Waals surface area contributed by atoms with E-state index in [0.29, 0.717) is 54.7 Å². The number of aromatic nitrogens is 1. The Kier molecular flexibility index (Phi) is 10.6. The highest BCUT2D eigenvalue weighted by Crippen LogP contribution is 2.41. The number of halogens is 1. The lowest BCUT2D eigenvalue weighted by molar-refractivity contribution is -0.142. The average Bonchev–Trinajstić information content (AvgIpc) is 3.65. The molecule has 3 amide bonds. The summed E-state index contributed by atoms with van der Waals surface area (Å²) in [5, 5.41) is 16.0. The number of alkyl carbamates (subject to hydrolysis) is 1. The van der Waals surface area contributed by atoms with Gasteiger partial charge in [0.2, 0.25) is 11.8 Å². The number of rotatable bonds is 9. The molecule has 0 spiro atoms. The summed E-state index contributed by atoms with van der Waals surface area (Å²) >= 11 is 0. The van der Waals surface area contributed by atoms with Gasteiger partial charge < -0.3 is 30.4 Å². The van der Waals surface area contributed by atoms with Gasteiger partial charge in [0.15, 0.2) is 0 Å². The van der Waals surface area contributed by atoms with Crippen LogP contribution in [0.1, 0.15) is 102 Å². The largest absolute Gasteiger partial charge is 0.477 e. The Hall–Kier alpha value is -3.63. The number of carboxylic acid groups (broad SMARTS) is 1. The van der Waals surface area contributed by atoms with E-state index in [0.717, 1.165) is 32.1 Å². The highest BCUT2D eigenvalue weighted by Gasteiger charge is 2.47. The number of fused-ring (bicyclic) bond motifs is 1. The van der Waals surface area contributed by atoms with Crippen molar-refractivity contribution in [3.63, 3.8) is 0 Å². The minimum atomic E-state index is -1.05. The standard InChI is InChI=1S/C35H49FN4O6/c1-35(2,3)46-34(45)39-28(15-17-36)22-9-11-23(12-10-22)32(42)40-18-16-26(21-7-5-4-6-8-21)30(40)31(41)37-25-13-14-27-24(19-25)20-29(38-27)33(43)44/h13-14,19-23,26,28,30,38H,4-12,15-18H2,1-3H3,(H,37,41)(H,39,45)(H,43,44)/t22-,23-,26-,28+,30-/m0/s1. The van der Waals surface area contributed by atoms with Crippen LogP contribution in [0.3, 0.4) is 0 Å². The minimum absolute atomic E-state index is 0.00578. The van der Waals surface area contributed by atoms with Gasteiger partial charge in [0, 0.05) is 35.1 Å². The summed E-state index contributed by atoms with van der Waals surface area (Å²) in [6.45, 7) is 5.35. The quantitative estimate of drug-likeness (QED) is 0.242. The van der Waals surface area contributed by atoms with E-state index in [9.17, 15) is 28.7 Å². The fraction of sp³-hybridized carbons (Fsp3) is 0.657. The van der Waals surface area contributed by atoms with Gasteiger partial charge in [0.05, 0.1) is 6.67 Å². The number of carbonyl (C=O) groups excluding carboxylic acids is 3. The van der Waals surface area contributed by atoms with Gasteiger partial charge in [-0.15, -0.1) is 0 Å². The fourth-order valence-corrected chi connectivity index (χ4v) is 8.00. The van der Waals surface area contributed by atoms with Crippen LogP contribution in [0.15, 0.2) is 24.3 Å². The second-order valence-corrected chi connectivity index (χ2v) is 14.4. The summed E-state index contributed by atoms with van der Waals surface area (Å²) in [6, 6.07) is 5.87. The van der Waals surface area contributed by atoms with E-state index in [1.807, 2.05) is 4.90 Å². The number of hydrogen-bond acceptors (Lipinski definition) is 5. The summed E-state index contributed by atoms with van der Waals surface area (Å²) in [5.41, 5.74) is 0.654. The number of aromatic amines is 1. The first-order valence-corrected chi connectivity index (χ1v) is 17.0. The van der Waals surface area contributed by atoms with Crippen molar-refractivity contribution in [1.29, 1.82) is 0 Å². The number of anilines is 1. The van der Waals surface area contributed by atoms with Crippen LogP contribution in [0, 0.1) is 23.7 Å². The number of ether oxygens (including phenoxy) is 1. The molecule has 2 aromatic rings. The summed E-state index contributed by atoms with van der Waals surface area (Å²) in [6.07, 6.45) is 8.66. The summed E-state index contributed by atoms with van der Waals surface area (Å²) < 4.78 is 18.9. The zero-order valence-electron chi connectivity index (χ0n) is 27.3. The van der Waals surface area contributed by atoms with Crippen LogP contribution in [0.25, 0.3) is 10.9 Å². The molecule has 1 saturated heterocycles. The maximum absolute atomic E-state index is 14.1. The molecule has 3 aliphatic rings. The molecule has 5 rings (SSSR count). The van der Waals surface area contributed by atoms with Crippen molar-refractivity contribution < 1.29 is 33.4 Å². The van der Waals surface area contributed by atoms with Crippen molar-refractivity contribution in [3.05, 3.63) is 30.0 Å². The van der Waals surface area contributed by atoms with E-state index in [2.05, 4.69) is 15.6 Å². The molecule has 0 radical (unpaired) electrons. The van der Waals surface area contributed by atoms with Crippen LogP contribution in [0.4, 0.5) is 14.9 Å². The van der Waals surface area contributed by atoms with Gasteiger partial charge in [-0.05, 0) is 101 Å². The van der Waals surface area contributed by atoms with E-state index in [1.54, 1.807) is 45.0 Å². The van der Waals surface area contributed by atoms with Crippen LogP contribution in [0.2, 0.25) is 0 Å². The number of likely N-dealkylation sites (tertiary alicyclic amines) is 1. The van der Waals surface area contributed by atoms with Crippen molar-refractivity contribution in [1.82, 2.24) is 15.2 Å². The number of hydrogen-bond donors (Lipinski definition) is 4. The molecular formula is C35H49FN4O6. The SMILES string of the molecule is CC(C)(C)OC(=O)N[C@H](CCF)[C@H]1CC[C@H](C(=O)N2CC[C@@H](C3CCCCC3)[C@H]2C(=O)Nc2ccc3[nH]c(C(=O)O)cc3c2)CC1. The predicted octanol–water partition coefficient (Wildman–Crippen LogP) is 6.66. The Balaban J connectivity index is 1.27. The van der Waals surface area contributed by atoms with Crippen LogP contribution in [-0.4, -0.2) is 69.8 Å². The maximum Gasteiger partial charge on any atom is 0.407 e. The number of H-pyrrole nitrogens is 1. The van der Waals surface area contributed by atoms with Crippen molar-refractivity contribution in [3.8, 4) is 0 Å². The van der Waals surface area contributed by atoms with E-state index in [4.69, 9.17) is 4.74 Å². The summed E-state index contributed by atoms with van der Waals surface area (Å²) in [5.74, 6) is -0.951. The smallest absolute Gasteiger partial charge is 0.407 e. The molecule has 4 N–H and O–H groups in total. The lowest BCUT2D eigenvalue weighted by Crippen LogP contribution is -2.50. The van der Waals surface area contributed by atoms with Gasteiger partial charge in [-0.2, -0.15) is 0 Å². The fourth-order valence-electron chi connectivity index (χ4n) is 8.00. The first kappa shape index (κ1) is 33.7. The number of carbonyl (C=O) groups is 4. The zero-order valence-corrected chi connectivity index (χ0v) is 27.3. The highest BCUT2D eigenvalue weighted by molar-refractivity contribution is 6.00. The van der Waals surface area contributed by atoms with Gasteiger partial charge >= 0.3 is 12.1 Å². The molecule has 0 bridgehead atoms.